The first-order chi connectivity index (χ1) is 10.3. The Morgan fingerprint density at radius 1 is 1.10 bits per heavy atom. The highest BCUT2D eigenvalue weighted by molar-refractivity contribution is 7.11. The van der Waals surface area contributed by atoms with Crippen LogP contribution < -0.4 is 10.1 Å². The van der Waals surface area contributed by atoms with Crippen molar-refractivity contribution in [2.75, 3.05) is 6.54 Å². The summed E-state index contributed by atoms with van der Waals surface area (Å²) in [5, 5.41) is 4.42. The van der Waals surface area contributed by atoms with E-state index < -0.39 is 0 Å². The van der Waals surface area contributed by atoms with Crippen LogP contribution in [-0.2, 0) is 26.0 Å². The Hall–Kier alpha value is -1.39. The summed E-state index contributed by atoms with van der Waals surface area (Å²) in [6.45, 7) is 8.87. The van der Waals surface area contributed by atoms with Crippen LogP contribution in [0.5, 0.6) is 5.75 Å². The molecule has 21 heavy (non-hydrogen) atoms. The average molecular weight is 304 g/mol. The van der Waals surface area contributed by atoms with E-state index in [9.17, 15) is 0 Å². The van der Waals surface area contributed by atoms with E-state index in [2.05, 4.69) is 43.2 Å². The minimum Gasteiger partial charge on any atom is -0.486 e. The van der Waals surface area contributed by atoms with Gasteiger partial charge in [0.05, 0.1) is 5.69 Å². The van der Waals surface area contributed by atoms with Crippen LogP contribution in [0.4, 0.5) is 0 Å². The highest BCUT2D eigenvalue weighted by Gasteiger charge is 2.09. The number of aryl methyl sites for hydroxylation is 2. The molecular formula is C17H24N2OS. The van der Waals surface area contributed by atoms with Gasteiger partial charge in [0.1, 0.15) is 17.4 Å². The van der Waals surface area contributed by atoms with Gasteiger partial charge in [0.25, 0.3) is 0 Å². The Morgan fingerprint density at radius 3 is 2.48 bits per heavy atom. The van der Waals surface area contributed by atoms with Gasteiger partial charge in [0.15, 0.2) is 0 Å². The van der Waals surface area contributed by atoms with Gasteiger partial charge in [-0.2, -0.15) is 0 Å². The lowest BCUT2D eigenvalue weighted by atomic mass is 10.2. The van der Waals surface area contributed by atoms with Crippen molar-refractivity contribution in [1.29, 1.82) is 0 Å². The largest absolute Gasteiger partial charge is 0.486 e. The van der Waals surface area contributed by atoms with Crippen molar-refractivity contribution >= 4 is 11.3 Å². The lowest BCUT2D eigenvalue weighted by molar-refractivity contribution is 0.305. The van der Waals surface area contributed by atoms with Gasteiger partial charge in [-0.25, -0.2) is 4.98 Å². The highest BCUT2D eigenvalue weighted by atomic mass is 32.1. The Morgan fingerprint density at radius 2 is 1.86 bits per heavy atom. The Labute approximate surface area is 131 Å². The molecule has 114 valence electrons. The molecule has 1 aromatic heterocycles. The van der Waals surface area contributed by atoms with Crippen molar-refractivity contribution in [2.24, 2.45) is 0 Å². The molecule has 0 saturated heterocycles. The van der Waals surface area contributed by atoms with Gasteiger partial charge in [-0.15, -0.1) is 11.3 Å². The third-order valence-electron chi connectivity index (χ3n) is 3.39. The summed E-state index contributed by atoms with van der Waals surface area (Å²) in [6.07, 6.45) is 2.03. The summed E-state index contributed by atoms with van der Waals surface area (Å²) in [4.78, 5) is 6.02. The van der Waals surface area contributed by atoms with Crippen LogP contribution in [0.1, 0.15) is 41.9 Å². The van der Waals surface area contributed by atoms with Crippen molar-refractivity contribution in [2.45, 2.75) is 46.8 Å². The molecule has 0 saturated carbocycles. The van der Waals surface area contributed by atoms with Gasteiger partial charge >= 0.3 is 0 Å². The SMILES string of the molecule is CCNCc1sc(COc2ccc(CC)cc2)nc1CC. The third-order valence-corrected chi connectivity index (χ3v) is 4.46. The predicted octanol–water partition coefficient (Wildman–Crippen LogP) is 3.96. The van der Waals surface area contributed by atoms with Crippen LogP contribution in [0, 0.1) is 0 Å². The smallest absolute Gasteiger partial charge is 0.140 e. The number of nitrogens with one attached hydrogen (secondary N) is 1. The lowest BCUT2D eigenvalue weighted by Gasteiger charge is -2.04. The molecule has 0 fully saturated rings. The maximum absolute atomic E-state index is 5.84. The standard InChI is InChI=1S/C17H24N2OS/c1-4-13-7-9-14(10-8-13)20-12-17-19-15(5-2)16(21-17)11-18-6-3/h7-10,18H,4-6,11-12H2,1-3H3. The molecule has 4 heteroatoms. The molecule has 2 rings (SSSR count). The molecule has 0 atom stereocenters. The quantitative estimate of drug-likeness (QED) is 0.801. The van der Waals surface area contributed by atoms with Gasteiger partial charge < -0.3 is 10.1 Å². The first kappa shape index (κ1) is 16.0. The number of thiazole rings is 1. The molecule has 0 aliphatic carbocycles. The van der Waals surface area contributed by atoms with Crippen molar-refractivity contribution in [3.05, 3.63) is 45.4 Å². The molecule has 3 nitrogen and oxygen atoms in total. The van der Waals surface area contributed by atoms with E-state index in [1.54, 1.807) is 11.3 Å². The summed E-state index contributed by atoms with van der Waals surface area (Å²) in [6, 6.07) is 8.30. The fourth-order valence-corrected chi connectivity index (χ4v) is 3.16. The minimum atomic E-state index is 0.551. The first-order valence-corrected chi connectivity index (χ1v) is 8.48. The number of ether oxygens (including phenoxy) is 1. The minimum absolute atomic E-state index is 0.551. The highest BCUT2D eigenvalue weighted by Crippen LogP contribution is 2.21. The first-order valence-electron chi connectivity index (χ1n) is 7.66. The van der Waals surface area contributed by atoms with Gasteiger partial charge in [0, 0.05) is 11.4 Å². The number of hydrogen-bond acceptors (Lipinski definition) is 4. The number of nitrogens with zero attached hydrogens (tertiary/aromatic N) is 1. The molecule has 0 aliphatic heterocycles. The maximum atomic E-state index is 5.84. The monoisotopic (exact) mass is 304 g/mol. The molecule has 0 aliphatic rings. The van der Waals surface area contributed by atoms with Crippen LogP contribution in [0.2, 0.25) is 0 Å². The second kappa shape index (κ2) is 8.15. The Kier molecular flexibility index (Phi) is 6.21. The van der Waals surface area contributed by atoms with E-state index in [-0.39, 0.29) is 0 Å². The van der Waals surface area contributed by atoms with E-state index in [4.69, 9.17) is 4.74 Å². The van der Waals surface area contributed by atoms with Gasteiger partial charge in [0.2, 0.25) is 0 Å². The van der Waals surface area contributed by atoms with Gasteiger partial charge in [-0.1, -0.05) is 32.9 Å². The number of aromatic nitrogens is 1. The fourth-order valence-electron chi connectivity index (χ4n) is 2.12. The number of hydrogen-bond donors (Lipinski definition) is 1. The van der Waals surface area contributed by atoms with Crippen LogP contribution in [-0.4, -0.2) is 11.5 Å². The van der Waals surface area contributed by atoms with E-state index in [1.165, 1.54) is 16.1 Å². The second-order valence-corrected chi connectivity index (χ2v) is 6.07. The van der Waals surface area contributed by atoms with Gasteiger partial charge in [-0.05, 0) is 37.1 Å². The summed E-state index contributed by atoms with van der Waals surface area (Å²) in [5.74, 6) is 0.911. The second-order valence-electron chi connectivity index (χ2n) is 4.90. The van der Waals surface area contributed by atoms with E-state index >= 15 is 0 Å². The summed E-state index contributed by atoms with van der Waals surface area (Å²) < 4.78 is 5.84. The zero-order valence-electron chi connectivity index (χ0n) is 13.1. The third kappa shape index (κ3) is 4.55. The van der Waals surface area contributed by atoms with Crippen molar-refractivity contribution in [3.63, 3.8) is 0 Å². The molecule has 1 heterocycles. The van der Waals surface area contributed by atoms with E-state index in [1.807, 2.05) is 12.1 Å². The Balaban J connectivity index is 1.97. The predicted molar refractivity (Wildman–Crippen MR) is 89.0 cm³/mol. The Bertz CT molecular complexity index is 548. The average Bonchev–Trinajstić information content (AvgIpc) is 2.93. The number of benzene rings is 1. The molecule has 0 amide bonds. The van der Waals surface area contributed by atoms with Gasteiger partial charge in [-0.3, -0.25) is 0 Å². The van der Waals surface area contributed by atoms with E-state index in [0.717, 1.165) is 36.7 Å². The zero-order valence-corrected chi connectivity index (χ0v) is 13.9. The fraction of sp³-hybridized carbons (Fsp3) is 0.471. The molecule has 1 N–H and O–H groups in total. The van der Waals surface area contributed by atoms with Crippen LogP contribution in [0.3, 0.4) is 0 Å². The molecular weight excluding hydrogens is 280 g/mol. The lowest BCUT2D eigenvalue weighted by Crippen LogP contribution is -2.11. The van der Waals surface area contributed by atoms with Crippen LogP contribution in [0.25, 0.3) is 0 Å². The molecule has 2 aromatic rings. The van der Waals surface area contributed by atoms with E-state index in [0.29, 0.717) is 6.61 Å². The summed E-state index contributed by atoms with van der Waals surface area (Å²) >= 11 is 1.75. The normalized spacial score (nSPS) is 10.8. The van der Waals surface area contributed by atoms with Crippen molar-refractivity contribution in [3.8, 4) is 5.75 Å². The molecule has 0 unspecified atom stereocenters. The summed E-state index contributed by atoms with van der Waals surface area (Å²) in [5.41, 5.74) is 2.53. The summed E-state index contributed by atoms with van der Waals surface area (Å²) in [7, 11) is 0. The molecule has 0 bridgehead atoms. The molecule has 0 spiro atoms. The van der Waals surface area contributed by atoms with Crippen molar-refractivity contribution < 1.29 is 4.74 Å². The van der Waals surface area contributed by atoms with Crippen LogP contribution in [0.15, 0.2) is 24.3 Å². The maximum Gasteiger partial charge on any atom is 0.140 e. The molecule has 1 aromatic carbocycles. The number of rotatable bonds is 8. The zero-order chi connectivity index (χ0) is 15.1. The topological polar surface area (TPSA) is 34.1 Å². The van der Waals surface area contributed by atoms with Crippen LogP contribution >= 0.6 is 11.3 Å². The molecule has 0 radical (unpaired) electrons. The van der Waals surface area contributed by atoms with Crippen molar-refractivity contribution in [1.82, 2.24) is 10.3 Å².